The minimum Gasteiger partial charge on any atom is -0.451 e. The van der Waals surface area contributed by atoms with E-state index in [9.17, 15) is 4.79 Å². The van der Waals surface area contributed by atoms with E-state index in [1.54, 1.807) is 24.3 Å². The number of piperidine rings is 1. The molecule has 0 bridgehead atoms. The zero-order valence-corrected chi connectivity index (χ0v) is 16.6. The van der Waals surface area contributed by atoms with Crippen LogP contribution < -0.4 is 10.2 Å². The summed E-state index contributed by atoms with van der Waals surface area (Å²) in [4.78, 5) is 14.9. The molecule has 3 aromatic rings. The summed E-state index contributed by atoms with van der Waals surface area (Å²) in [7, 11) is 0. The van der Waals surface area contributed by atoms with Crippen LogP contribution in [0.3, 0.4) is 0 Å². The highest BCUT2D eigenvalue weighted by molar-refractivity contribution is 6.30. The van der Waals surface area contributed by atoms with Crippen molar-refractivity contribution in [2.45, 2.75) is 32.2 Å². The second kappa shape index (κ2) is 8.11. The molecule has 1 amide bonds. The van der Waals surface area contributed by atoms with E-state index in [1.165, 1.54) is 24.9 Å². The van der Waals surface area contributed by atoms with Gasteiger partial charge in [-0.25, -0.2) is 0 Å². The monoisotopic (exact) mass is 394 g/mol. The van der Waals surface area contributed by atoms with Gasteiger partial charge >= 0.3 is 0 Å². The Morgan fingerprint density at radius 1 is 1.04 bits per heavy atom. The summed E-state index contributed by atoms with van der Waals surface area (Å²) < 4.78 is 5.71. The van der Waals surface area contributed by atoms with Gasteiger partial charge in [0.2, 0.25) is 0 Å². The molecule has 1 aliphatic rings. The standard InChI is InChI=1S/C23H23ClN2O2/c1-16-4-2-3-15-26(16)20-11-9-19(10-12-20)25-23(27)22-14-13-21(28-22)17-5-7-18(24)8-6-17/h5-14,16H,2-4,15H2,1H3,(H,25,27)/t16-/m1/s1. The largest absolute Gasteiger partial charge is 0.451 e. The molecule has 0 spiro atoms. The molecule has 1 atom stereocenters. The number of hydrogen-bond donors (Lipinski definition) is 1. The number of furan rings is 1. The maximum atomic E-state index is 12.5. The Bertz CT molecular complexity index is 947. The average molecular weight is 395 g/mol. The second-order valence-electron chi connectivity index (χ2n) is 7.21. The van der Waals surface area contributed by atoms with Gasteiger partial charge in [-0.05, 0) is 86.8 Å². The van der Waals surface area contributed by atoms with Crippen molar-refractivity contribution in [3.63, 3.8) is 0 Å². The molecule has 1 aromatic heterocycles. The molecule has 2 heterocycles. The van der Waals surface area contributed by atoms with E-state index in [2.05, 4.69) is 29.3 Å². The topological polar surface area (TPSA) is 45.5 Å². The number of carbonyl (C=O) groups is 1. The van der Waals surface area contributed by atoms with Crippen molar-refractivity contribution >= 4 is 28.9 Å². The fourth-order valence-corrected chi connectivity index (χ4v) is 3.77. The first-order valence-corrected chi connectivity index (χ1v) is 10.0. The van der Waals surface area contributed by atoms with Crippen LogP contribution in [-0.2, 0) is 0 Å². The third-order valence-electron chi connectivity index (χ3n) is 5.22. The lowest BCUT2D eigenvalue weighted by atomic mass is 10.0. The summed E-state index contributed by atoms with van der Waals surface area (Å²) >= 11 is 5.92. The van der Waals surface area contributed by atoms with Crippen LogP contribution in [0.25, 0.3) is 11.3 Å². The lowest BCUT2D eigenvalue weighted by molar-refractivity contribution is 0.0997. The molecule has 1 saturated heterocycles. The fraction of sp³-hybridized carbons (Fsp3) is 0.261. The van der Waals surface area contributed by atoms with Crippen molar-refractivity contribution in [1.29, 1.82) is 0 Å². The van der Waals surface area contributed by atoms with Gasteiger partial charge in [-0.2, -0.15) is 0 Å². The van der Waals surface area contributed by atoms with Gasteiger partial charge < -0.3 is 14.6 Å². The Morgan fingerprint density at radius 3 is 2.50 bits per heavy atom. The Labute approximate surface area is 170 Å². The molecule has 4 rings (SSSR count). The molecule has 0 unspecified atom stereocenters. The van der Waals surface area contributed by atoms with Gasteiger partial charge in [-0.1, -0.05) is 11.6 Å². The first-order valence-electron chi connectivity index (χ1n) is 9.64. The maximum absolute atomic E-state index is 12.5. The predicted octanol–water partition coefficient (Wildman–Crippen LogP) is 6.23. The van der Waals surface area contributed by atoms with Gasteiger partial charge in [-0.15, -0.1) is 0 Å². The summed E-state index contributed by atoms with van der Waals surface area (Å²) in [5, 5.41) is 3.56. The Balaban J connectivity index is 1.43. The molecule has 0 aliphatic carbocycles. The van der Waals surface area contributed by atoms with Gasteiger partial charge in [0.05, 0.1) is 0 Å². The van der Waals surface area contributed by atoms with E-state index in [1.807, 2.05) is 24.3 Å². The average Bonchev–Trinajstić information content (AvgIpc) is 3.20. The lowest BCUT2D eigenvalue weighted by Crippen LogP contribution is -2.37. The Morgan fingerprint density at radius 2 is 1.79 bits per heavy atom. The molecular formula is C23H23ClN2O2. The van der Waals surface area contributed by atoms with E-state index >= 15 is 0 Å². The van der Waals surface area contributed by atoms with Gasteiger partial charge in [0.15, 0.2) is 5.76 Å². The van der Waals surface area contributed by atoms with Crippen LogP contribution in [0, 0.1) is 0 Å². The number of amides is 1. The summed E-state index contributed by atoms with van der Waals surface area (Å²) in [5.41, 5.74) is 2.83. The number of rotatable bonds is 4. The number of nitrogens with one attached hydrogen (secondary N) is 1. The summed E-state index contributed by atoms with van der Waals surface area (Å²) in [6, 6.07) is 19.4. The van der Waals surface area contributed by atoms with E-state index in [0.29, 0.717) is 16.8 Å². The van der Waals surface area contributed by atoms with Crippen molar-refractivity contribution in [2.75, 3.05) is 16.8 Å². The molecule has 144 valence electrons. The lowest BCUT2D eigenvalue weighted by Gasteiger charge is -2.35. The molecule has 1 N–H and O–H groups in total. The molecule has 2 aromatic carbocycles. The number of carbonyl (C=O) groups excluding carboxylic acids is 1. The summed E-state index contributed by atoms with van der Waals surface area (Å²) in [5.74, 6) is 0.647. The van der Waals surface area contributed by atoms with Crippen LogP contribution in [0.15, 0.2) is 65.1 Å². The molecule has 4 nitrogen and oxygen atoms in total. The fourth-order valence-electron chi connectivity index (χ4n) is 3.64. The van der Waals surface area contributed by atoms with E-state index in [0.717, 1.165) is 17.8 Å². The first kappa shape index (κ1) is 18.6. The maximum Gasteiger partial charge on any atom is 0.291 e. The molecule has 1 aliphatic heterocycles. The van der Waals surface area contributed by atoms with Crippen molar-refractivity contribution in [2.24, 2.45) is 0 Å². The number of benzene rings is 2. The number of hydrogen-bond acceptors (Lipinski definition) is 3. The summed E-state index contributed by atoms with van der Waals surface area (Å²) in [6.45, 7) is 3.36. The van der Waals surface area contributed by atoms with Crippen LogP contribution in [0.1, 0.15) is 36.7 Å². The van der Waals surface area contributed by atoms with Crippen LogP contribution >= 0.6 is 11.6 Å². The van der Waals surface area contributed by atoms with Gasteiger partial charge in [0, 0.05) is 34.5 Å². The molecule has 28 heavy (non-hydrogen) atoms. The molecule has 5 heteroatoms. The smallest absolute Gasteiger partial charge is 0.291 e. The van der Waals surface area contributed by atoms with Gasteiger partial charge in [0.1, 0.15) is 5.76 Å². The Hall–Kier alpha value is -2.72. The third kappa shape index (κ3) is 4.07. The normalized spacial score (nSPS) is 16.8. The van der Waals surface area contributed by atoms with Crippen LogP contribution in [0.4, 0.5) is 11.4 Å². The van der Waals surface area contributed by atoms with Crippen LogP contribution in [0.2, 0.25) is 5.02 Å². The van der Waals surface area contributed by atoms with Crippen molar-refractivity contribution in [3.05, 3.63) is 71.4 Å². The number of anilines is 2. The molecular weight excluding hydrogens is 372 g/mol. The minimum absolute atomic E-state index is 0.265. The van der Waals surface area contributed by atoms with Crippen LogP contribution in [0.5, 0.6) is 0 Å². The highest BCUT2D eigenvalue weighted by atomic mass is 35.5. The Kier molecular flexibility index (Phi) is 5.40. The minimum atomic E-state index is -0.265. The first-order chi connectivity index (χ1) is 13.6. The van der Waals surface area contributed by atoms with Crippen molar-refractivity contribution < 1.29 is 9.21 Å². The molecule has 0 radical (unpaired) electrons. The van der Waals surface area contributed by atoms with Crippen LogP contribution in [-0.4, -0.2) is 18.5 Å². The number of nitrogens with zero attached hydrogens (tertiary/aromatic N) is 1. The zero-order chi connectivity index (χ0) is 19.5. The highest BCUT2D eigenvalue weighted by Gasteiger charge is 2.18. The third-order valence-corrected chi connectivity index (χ3v) is 5.47. The van der Waals surface area contributed by atoms with E-state index in [-0.39, 0.29) is 11.7 Å². The molecule has 1 fully saturated rings. The highest BCUT2D eigenvalue weighted by Crippen LogP contribution is 2.27. The second-order valence-corrected chi connectivity index (χ2v) is 7.65. The summed E-state index contributed by atoms with van der Waals surface area (Å²) in [6.07, 6.45) is 3.76. The van der Waals surface area contributed by atoms with E-state index < -0.39 is 0 Å². The molecule has 0 saturated carbocycles. The van der Waals surface area contributed by atoms with E-state index in [4.69, 9.17) is 16.0 Å². The SMILES string of the molecule is C[C@@H]1CCCCN1c1ccc(NC(=O)c2ccc(-c3ccc(Cl)cc3)o2)cc1. The number of halogens is 1. The van der Waals surface area contributed by atoms with Gasteiger partial charge in [-0.3, -0.25) is 4.79 Å². The predicted molar refractivity (Wildman–Crippen MR) is 114 cm³/mol. The van der Waals surface area contributed by atoms with Crippen molar-refractivity contribution in [1.82, 2.24) is 0 Å². The zero-order valence-electron chi connectivity index (χ0n) is 15.8. The van der Waals surface area contributed by atoms with Crippen molar-refractivity contribution in [3.8, 4) is 11.3 Å². The quantitative estimate of drug-likeness (QED) is 0.570. The van der Waals surface area contributed by atoms with Gasteiger partial charge in [0.25, 0.3) is 5.91 Å².